The lowest BCUT2D eigenvalue weighted by Crippen LogP contribution is -2.41. The van der Waals surface area contributed by atoms with Crippen molar-refractivity contribution in [3.63, 3.8) is 0 Å². The average Bonchev–Trinajstić information content (AvgIpc) is 3.04. The Labute approximate surface area is 133 Å². The normalized spacial score (nSPS) is 18.5. The Kier molecular flexibility index (Phi) is 4.55. The standard InChI is InChI=1S/C17H19FN2OS/c18-14-5-1-4-13(9-14)15-6-7-16(22-15)17(21)20-8-2-3-12(10-19)11-20/h1,4-7,9,12H,2-3,8,10-11,19H2. The maximum Gasteiger partial charge on any atom is 0.263 e. The van der Waals surface area contributed by atoms with Gasteiger partial charge in [0.2, 0.25) is 0 Å². The highest BCUT2D eigenvalue weighted by atomic mass is 32.1. The number of piperidine rings is 1. The largest absolute Gasteiger partial charge is 0.338 e. The predicted octanol–water partition coefficient (Wildman–Crippen LogP) is 3.37. The quantitative estimate of drug-likeness (QED) is 0.943. The van der Waals surface area contributed by atoms with Crippen LogP contribution in [-0.2, 0) is 0 Å². The molecule has 1 atom stereocenters. The van der Waals surface area contributed by atoms with Gasteiger partial charge in [-0.15, -0.1) is 11.3 Å². The molecule has 2 heterocycles. The van der Waals surface area contributed by atoms with E-state index in [1.54, 1.807) is 6.07 Å². The summed E-state index contributed by atoms with van der Waals surface area (Å²) < 4.78 is 13.3. The number of nitrogens with two attached hydrogens (primary N) is 1. The number of carbonyl (C=O) groups is 1. The molecule has 0 aliphatic carbocycles. The van der Waals surface area contributed by atoms with Crippen LogP contribution >= 0.6 is 11.3 Å². The number of benzene rings is 1. The van der Waals surface area contributed by atoms with Gasteiger partial charge < -0.3 is 10.6 Å². The molecule has 3 nitrogen and oxygen atoms in total. The molecule has 5 heteroatoms. The van der Waals surface area contributed by atoms with Gasteiger partial charge in [-0.25, -0.2) is 4.39 Å². The van der Waals surface area contributed by atoms with Crippen molar-refractivity contribution >= 4 is 17.2 Å². The summed E-state index contributed by atoms with van der Waals surface area (Å²) in [6, 6.07) is 10.2. The molecule has 0 radical (unpaired) electrons. The third kappa shape index (κ3) is 3.20. The molecule has 0 spiro atoms. The summed E-state index contributed by atoms with van der Waals surface area (Å²) in [5.74, 6) is 0.201. The molecule has 1 aromatic heterocycles. The predicted molar refractivity (Wildman–Crippen MR) is 87.4 cm³/mol. The van der Waals surface area contributed by atoms with Gasteiger partial charge in [-0.1, -0.05) is 12.1 Å². The van der Waals surface area contributed by atoms with Gasteiger partial charge in [0.15, 0.2) is 0 Å². The van der Waals surface area contributed by atoms with Crippen molar-refractivity contribution < 1.29 is 9.18 Å². The number of amides is 1. The Balaban J connectivity index is 1.77. The molecular weight excluding hydrogens is 299 g/mol. The number of hydrogen-bond acceptors (Lipinski definition) is 3. The van der Waals surface area contributed by atoms with E-state index in [1.165, 1.54) is 23.5 Å². The van der Waals surface area contributed by atoms with Crippen molar-refractivity contribution in [3.05, 3.63) is 47.1 Å². The van der Waals surface area contributed by atoms with Crippen LogP contribution in [0, 0.1) is 11.7 Å². The summed E-state index contributed by atoms with van der Waals surface area (Å²) in [6.07, 6.45) is 2.11. The van der Waals surface area contributed by atoms with Crippen molar-refractivity contribution in [2.75, 3.05) is 19.6 Å². The lowest BCUT2D eigenvalue weighted by molar-refractivity contribution is 0.0683. The fourth-order valence-electron chi connectivity index (χ4n) is 2.85. The Morgan fingerprint density at radius 1 is 1.36 bits per heavy atom. The second kappa shape index (κ2) is 6.58. The zero-order chi connectivity index (χ0) is 15.5. The van der Waals surface area contributed by atoms with Gasteiger partial charge in [-0.05, 0) is 55.1 Å². The molecule has 0 bridgehead atoms. The van der Waals surface area contributed by atoms with Crippen LogP contribution in [0.15, 0.2) is 36.4 Å². The van der Waals surface area contributed by atoms with Crippen molar-refractivity contribution in [2.24, 2.45) is 11.7 Å². The topological polar surface area (TPSA) is 46.3 Å². The van der Waals surface area contributed by atoms with Crippen LogP contribution in [0.25, 0.3) is 10.4 Å². The van der Waals surface area contributed by atoms with Crippen molar-refractivity contribution in [1.82, 2.24) is 4.90 Å². The van der Waals surface area contributed by atoms with Crippen LogP contribution in [-0.4, -0.2) is 30.4 Å². The zero-order valence-corrected chi connectivity index (χ0v) is 13.1. The van der Waals surface area contributed by atoms with E-state index in [0.29, 0.717) is 17.3 Å². The van der Waals surface area contributed by atoms with E-state index in [1.807, 2.05) is 23.1 Å². The number of likely N-dealkylation sites (tertiary alicyclic amines) is 1. The third-order valence-corrected chi connectivity index (χ3v) is 5.19. The molecule has 1 aliphatic rings. The Hall–Kier alpha value is -1.72. The monoisotopic (exact) mass is 318 g/mol. The number of hydrogen-bond donors (Lipinski definition) is 1. The molecule has 2 N–H and O–H groups in total. The van der Waals surface area contributed by atoms with Crippen LogP contribution < -0.4 is 5.73 Å². The van der Waals surface area contributed by atoms with Gasteiger partial charge in [-0.3, -0.25) is 4.79 Å². The summed E-state index contributed by atoms with van der Waals surface area (Å²) in [5.41, 5.74) is 6.54. The molecule has 1 aliphatic heterocycles. The molecule has 1 saturated heterocycles. The van der Waals surface area contributed by atoms with E-state index in [0.717, 1.165) is 36.4 Å². The van der Waals surface area contributed by atoms with E-state index >= 15 is 0 Å². The Bertz CT molecular complexity index is 670. The molecule has 0 saturated carbocycles. The fourth-order valence-corrected chi connectivity index (χ4v) is 3.82. The first kappa shape index (κ1) is 15.2. The van der Waals surface area contributed by atoms with Crippen LogP contribution in [0.5, 0.6) is 0 Å². The number of nitrogens with zero attached hydrogens (tertiary/aromatic N) is 1. The highest BCUT2D eigenvalue weighted by Crippen LogP contribution is 2.30. The minimum atomic E-state index is -0.263. The summed E-state index contributed by atoms with van der Waals surface area (Å²) in [7, 11) is 0. The molecule has 1 fully saturated rings. The van der Waals surface area contributed by atoms with E-state index in [4.69, 9.17) is 5.73 Å². The number of rotatable bonds is 3. The molecule has 2 aromatic rings. The van der Waals surface area contributed by atoms with Gasteiger partial charge in [0.05, 0.1) is 4.88 Å². The Morgan fingerprint density at radius 2 is 2.23 bits per heavy atom. The van der Waals surface area contributed by atoms with Gasteiger partial charge in [0, 0.05) is 18.0 Å². The smallest absolute Gasteiger partial charge is 0.263 e. The van der Waals surface area contributed by atoms with Gasteiger partial charge in [-0.2, -0.15) is 0 Å². The SMILES string of the molecule is NCC1CCCN(C(=O)c2ccc(-c3cccc(F)c3)s2)C1. The second-order valence-corrected chi connectivity index (χ2v) is 6.75. The summed E-state index contributed by atoms with van der Waals surface area (Å²) in [4.78, 5) is 16.1. The van der Waals surface area contributed by atoms with Crippen molar-refractivity contribution in [2.45, 2.75) is 12.8 Å². The molecule has 1 unspecified atom stereocenters. The minimum absolute atomic E-state index is 0.0609. The van der Waals surface area contributed by atoms with Crippen molar-refractivity contribution in [1.29, 1.82) is 0 Å². The fraction of sp³-hybridized carbons (Fsp3) is 0.353. The number of halogens is 1. The molecule has 22 heavy (non-hydrogen) atoms. The highest BCUT2D eigenvalue weighted by molar-refractivity contribution is 7.17. The van der Waals surface area contributed by atoms with Crippen LogP contribution in [0.1, 0.15) is 22.5 Å². The number of carbonyl (C=O) groups excluding carboxylic acids is 1. The maximum atomic E-state index is 13.3. The summed E-state index contributed by atoms with van der Waals surface area (Å²) in [5, 5.41) is 0. The average molecular weight is 318 g/mol. The molecule has 116 valence electrons. The number of thiophene rings is 1. The summed E-state index contributed by atoms with van der Waals surface area (Å²) >= 11 is 1.42. The lowest BCUT2D eigenvalue weighted by atomic mass is 9.98. The van der Waals surface area contributed by atoms with Gasteiger partial charge in [0.1, 0.15) is 5.82 Å². The minimum Gasteiger partial charge on any atom is -0.338 e. The lowest BCUT2D eigenvalue weighted by Gasteiger charge is -2.31. The zero-order valence-electron chi connectivity index (χ0n) is 12.3. The molecular formula is C17H19FN2OS. The Morgan fingerprint density at radius 3 is 3.00 bits per heavy atom. The first-order valence-corrected chi connectivity index (χ1v) is 8.34. The summed E-state index contributed by atoms with van der Waals surface area (Å²) in [6.45, 7) is 2.16. The van der Waals surface area contributed by atoms with Crippen molar-refractivity contribution in [3.8, 4) is 10.4 Å². The highest BCUT2D eigenvalue weighted by Gasteiger charge is 2.24. The first-order valence-electron chi connectivity index (χ1n) is 7.52. The molecule has 1 amide bonds. The van der Waals surface area contributed by atoms with E-state index in [2.05, 4.69) is 0 Å². The van der Waals surface area contributed by atoms with Crippen LogP contribution in [0.2, 0.25) is 0 Å². The van der Waals surface area contributed by atoms with Gasteiger partial charge in [0.25, 0.3) is 5.91 Å². The second-order valence-electron chi connectivity index (χ2n) is 5.67. The van der Waals surface area contributed by atoms with E-state index in [-0.39, 0.29) is 11.7 Å². The van der Waals surface area contributed by atoms with Crippen LogP contribution in [0.4, 0.5) is 4.39 Å². The maximum absolute atomic E-state index is 13.3. The molecule has 3 rings (SSSR count). The van der Waals surface area contributed by atoms with Crippen LogP contribution in [0.3, 0.4) is 0 Å². The van der Waals surface area contributed by atoms with E-state index < -0.39 is 0 Å². The first-order chi connectivity index (χ1) is 10.7. The third-order valence-electron chi connectivity index (χ3n) is 4.07. The van der Waals surface area contributed by atoms with Gasteiger partial charge >= 0.3 is 0 Å². The molecule has 1 aromatic carbocycles. The van der Waals surface area contributed by atoms with E-state index in [9.17, 15) is 9.18 Å².